The monoisotopic (exact) mass is 332 g/mol. The van der Waals surface area contributed by atoms with Gasteiger partial charge in [0.15, 0.2) is 0 Å². The summed E-state index contributed by atoms with van der Waals surface area (Å²) >= 11 is 0. The van der Waals surface area contributed by atoms with Crippen LogP contribution < -0.4 is 4.90 Å². The molecule has 6 heteroatoms. The molecule has 0 atom stereocenters. The first-order valence-electron chi connectivity index (χ1n) is 8.85. The lowest BCUT2D eigenvalue weighted by Crippen LogP contribution is -2.42. The molecule has 3 rings (SSSR count). The van der Waals surface area contributed by atoms with E-state index in [1.54, 1.807) is 7.11 Å². The number of hydrogen-bond donors (Lipinski definition) is 0. The summed E-state index contributed by atoms with van der Waals surface area (Å²) in [5.74, 6) is 1.32. The summed E-state index contributed by atoms with van der Waals surface area (Å²) in [6.45, 7) is 8.35. The maximum atomic E-state index is 12.3. The Hall–Kier alpha value is -1.69. The maximum absolute atomic E-state index is 12.3. The van der Waals surface area contributed by atoms with E-state index in [-0.39, 0.29) is 5.41 Å². The van der Waals surface area contributed by atoms with Crippen molar-refractivity contribution in [2.45, 2.75) is 39.5 Å². The van der Waals surface area contributed by atoms with Crippen molar-refractivity contribution in [3.8, 4) is 0 Å². The van der Waals surface area contributed by atoms with Gasteiger partial charge in [-0.2, -0.15) is 0 Å². The molecular formula is C18H28N4O2. The summed E-state index contributed by atoms with van der Waals surface area (Å²) in [4.78, 5) is 25.8. The molecule has 0 N–H and O–H groups in total. The number of aryl methyl sites for hydroxylation is 2. The van der Waals surface area contributed by atoms with E-state index in [1.807, 2.05) is 24.9 Å². The first-order valence-corrected chi connectivity index (χ1v) is 8.85. The lowest BCUT2D eigenvalue weighted by atomic mass is 9.77. The lowest BCUT2D eigenvalue weighted by molar-refractivity contribution is -0.128. The van der Waals surface area contributed by atoms with Crippen molar-refractivity contribution >= 4 is 11.7 Å². The Labute approximate surface area is 144 Å². The number of carbonyl (C=O) groups is 1. The van der Waals surface area contributed by atoms with E-state index in [1.165, 1.54) is 0 Å². The molecular weight excluding hydrogens is 304 g/mol. The first-order chi connectivity index (χ1) is 11.5. The number of likely N-dealkylation sites (tertiary alicyclic amines) is 1. The van der Waals surface area contributed by atoms with Crippen LogP contribution in [0.1, 0.15) is 37.1 Å². The van der Waals surface area contributed by atoms with Gasteiger partial charge in [-0.25, -0.2) is 4.98 Å². The number of amides is 1. The maximum Gasteiger partial charge on any atom is 0.223 e. The van der Waals surface area contributed by atoms with Crippen molar-refractivity contribution in [2.24, 2.45) is 5.41 Å². The number of anilines is 1. The molecule has 2 saturated heterocycles. The minimum atomic E-state index is 0.159. The van der Waals surface area contributed by atoms with E-state index >= 15 is 0 Å². The minimum Gasteiger partial charge on any atom is -0.385 e. The van der Waals surface area contributed by atoms with E-state index in [2.05, 4.69) is 14.9 Å². The molecule has 0 bridgehead atoms. The summed E-state index contributed by atoms with van der Waals surface area (Å²) in [6, 6.07) is 0. The summed E-state index contributed by atoms with van der Waals surface area (Å²) in [6.07, 6.45) is 5.54. The van der Waals surface area contributed by atoms with E-state index < -0.39 is 0 Å². The van der Waals surface area contributed by atoms with Gasteiger partial charge < -0.3 is 14.5 Å². The van der Waals surface area contributed by atoms with E-state index in [0.29, 0.717) is 12.3 Å². The minimum absolute atomic E-state index is 0.159. The topological polar surface area (TPSA) is 58.6 Å². The van der Waals surface area contributed by atoms with Gasteiger partial charge in [0.2, 0.25) is 5.91 Å². The Kier molecular flexibility index (Phi) is 5.04. The van der Waals surface area contributed by atoms with E-state index in [9.17, 15) is 4.79 Å². The summed E-state index contributed by atoms with van der Waals surface area (Å²) in [7, 11) is 1.71. The first kappa shape index (κ1) is 17.1. The number of piperidine rings is 1. The predicted octanol–water partition coefficient (Wildman–Crippen LogP) is 1.95. The lowest BCUT2D eigenvalue weighted by Gasteiger charge is -2.39. The van der Waals surface area contributed by atoms with Crippen molar-refractivity contribution in [3.05, 3.63) is 17.6 Å². The molecule has 0 unspecified atom stereocenters. The molecule has 132 valence electrons. The standard InChI is InChI=1S/C18H28N4O2/c1-14-12-19-15(2)17(20-14)21-8-5-18(6-9-21)11-16(23)22(13-18)7-4-10-24-3/h12H,4-11,13H2,1-3H3. The van der Waals surface area contributed by atoms with Gasteiger partial charge >= 0.3 is 0 Å². The Morgan fingerprint density at radius 2 is 2.04 bits per heavy atom. The average Bonchev–Trinajstić information content (AvgIpc) is 2.87. The van der Waals surface area contributed by atoms with Crippen molar-refractivity contribution in [1.82, 2.24) is 14.9 Å². The zero-order valence-electron chi connectivity index (χ0n) is 15.0. The van der Waals surface area contributed by atoms with Crippen LogP contribution in [0, 0.1) is 19.3 Å². The van der Waals surface area contributed by atoms with Gasteiger partial charge in [-0.05, 0) is 33.1 Å². The fraction of sp³-hybridized carbons (Fsp3) is 0.722. The highest BCUT2D eigenvalue weighted by atomic mass is 16.5. The summed E-state index contributed by atoms with van der Waals surface area (Å²) < 4.78 is 5.10. The third kappa shape index (κ3) is 3.53. The third-order valence-electron chi connectivity index (χ3n) is 5.36. The van der Waals surface area contributed by atoms with Crippen LogP contribution in [0.4, 0.5) is 5.82 Å². The molecule has 0 radical (unpaired) electrons. The molecule has 1 aromatic rings. The molecule has 1 aromatic heterocycles. The van der Waals surface area contributed by atoms with Crippen LogP contribution >= 0.6 is 0 Å². The summed E-state index contributed by atoms with van der Waals surface area (Å²) in [5.41, 5.74) is 2.10. The smallest absolute Gasteiger partial charge is 0.223 e. The number of hydrogen-bond acceptors (Lipinski definition) is 5. The fourth-order valence-electron chi connectivity index (χ4n) is 3.94. The van der Waals surface area contributed by atoms with E-state index in [0.717, 1.165) is 69.3 Å². The van der Waals surface area contributed by atoms with E-state index in [4.69, 9.17) is 4.74 Å². The van der Waals surface area contributed by atoms with Crippen LogP contribution in [0.5, 0.6) is 0 Å². The molecule has 0 aliphatic carbocycles. The van der Waals surface area contributed by atoms with Crippen LogP contribution in [0.15, 0.2) is 6.20 Å². The number of ether oxygens (including phenoxy) is 1. The van der Waals surface area contributed by atoms with Crippen LogP contribution in [-0.2, 0) is 9.53 Å². The highest BCUT2D eigenvalue weighted by Gasteiger charge is 2.44. The molecule has 2 aliphatic heterocycles. The van der Waals surface area contributed by atoms with Gasteiger partial charge in [0.1, 0.15) is 5.82 Å². The van der Waals surface area contributed by atoms with Gasteiger partial charge in [0.05, 0.1) is 11.4 Å². The number of rotatable bonds is 5. The molecule has 0 saturated carbocycles. The van der Waals surface area contributed by atoms with Gasteiger partial charge in [0, 0.05) is 57.9 Å². The second-order valence-corrected chi connectivity index (χ2v) is 7.25. The molecule has 2 fully saturated rings. The van der Waals surface area contributed by atoms with Crippen LogP contribution in [0.2, 0.25) is 0 Å². The van der Waals surface area contributed by atoms with Gasteiger partial charge in [-0.1, -0.05) is 0 Å². The highest BCUT2D eigenvalue weighted by Crippen LogP contribution is 2.41. The average molecular weight is 332 g/mol. The second-order valence-electron chi connectivity index (χ2n) is 7.25. The Morgan fingerprint density at radius 3 is 2.75 bits per heavy atom. The van der Waals surface area contributed by atoms with Crippen molar-refractivity contribution < 1.29 is 9.53 Å². The number of methoxy groups -OCH3 is 1. The van der Waals surface area contributed by atoms with Crippen LogP contribution in [0.3, 0.4) is 0 Å². The number of nitrogens with zero attached hydrogens (tertiary/aromatic N) is 4. The molecule has 1 spiro atoms. The highest BCUT2D eigenvalue weighted by molar-refractivity contribution is 5.79. The van der Waals surface area contributed by atoms with Gasteiger partial charge in [-0.15, -0.1) is 0 Å². The SMILES string of the molecule is COCCCN1CC2(CCN(c3nc(C)cnc3C)CC2)CC1=O. The molecule has 2 aliphatic rings. The quantitative estimate of drug-likeness (QED) is 0.771. The molecule has 6 nitrogen and oxygen atoms in total. The van der Waals surface area contributed by atoms with Crippen molar-refractivity contribution in [3.63, 3.8) is 0 Å². The molecule has 1 amide bonds. The second kappa shape index (κ2) is 7.05. The number of aromatic nitrogens is 2. The van der Waals surface area contributed by atoms with Crippen molar-refractivity contribution in [2.75, 3.05) is 44.8 Å². The fourth-order valence-corrected chi connectivity index (χ4v) is 3.94. The Morgan fingerprint density at radius 1 is 1.29 bits per heavy atom. The van der Waals surface area contributed by atoms with Crippen LogP contribution in [-0.4, -0.2) is 60.7 Å². The van der Waals surface area contributed by atoms with Gasteiger partial charge in [0.25, 0.3) is 0 Å². The van der Waals surface area contributed by atoms with Crippen molar-refractivity contribution in [1.29, 1.82) is 0 Å². The number of carbonyl (C=O) groups excluding carboxylic acids is 1. The molecule has 3 heterocycles. The normalized spacial score (nSPS) is 20.2. The zero-order valence-corrected chi connectivity index (χ0v) is 15.0. The van der Waals surface area contributed by atoms with Crippen LogP contribution in [0.25, 0.3) is 0 Å². The summed E-state index contributed by atoms with van der Waals surface area (Å²) in [5, 5.41) is 0. The Balaban J connectivity index is 1.60. The third-order valence-corrected chi connectivity index (χ3v) is 5.36. The zero-order chi connectivity index (χ0) is 17.2. The molecule has 0 aromatic carbocycles. The van der Waals surface area contributed by atoms with Gasteiger partial charge in [-0.3, -0.25) is 9.78 Å². The Bertz CT molecular complexity index is 597. The predicted molar refractivity (Wildman–Crippen MR) is 93.1 cm³/mol. The largest absolute Gasteiger partial charge is 0.385 e. The molecule has 24 heavy (non-hydrogen) atoms.